The minimum Gasteiger partial charge on any atom is -0.337 e. The highest BCUT2D eigenvalue weighted by Crippen LogP contribution is 2.34. The molecule has 1 aromatic carbocycles. The van der Waals surface area contributed by atoms with Gasteiger partial charge >= 0.3 is 0 Å². The maximum Gasteiger partial charge on any atom is 0.0517 e. The Morgan fingerprint density at radius 3 is 2.44 bits per heavy atom. The zero-order valence-electron chi connectivity index (χ0n) is 11.1. The molecule has 1 aromatic rings. The van der Waals surface area contributed by atoms with Gasteiger partial charge in [-0.2, -0.15) is 0 Å². The molecule has 1 aliphatic rings. The number of nitrogens with zero attached hydrogens (tertiary/aromatic N) is 1. The topological polar surface area (TPSA) is 3.24 Å². The van der Waals surface area contributed by atoms with Crippen LogP contribution in [0.1, 0.15) is 19.4 Å². The van der Waals surface area contributed by atoms with Crippen LogP contribution >= 0.6 is 0 Å². The fourth-order valence-electron chi connectivity index (χ4n) is 2.35. The Hall–Kier alpha value is -2.02. The van der Waals surface area contributed by atoms with Crippen molar-refractivity contribution in [2.24, 2.45) is 0 Å². The van der Waals surface area contributed by atoms with Crippen molar-refractivity contribution in [2.75, 3.05) is 6.54 Å². The Bertz CT molecular complexity index is 532. The van der Waals surface area contributed by atoms with Crippen molar-refractivity contribution in [3.05, 3.63) is 78.0 Å². The third-order valence-electron chi connectivity index (χ3n) is 3.22. The van der Waals surface area contributed by atoms with Gasteiger partial charge in [0.2, 0.25) is 0 Å². The normalized spacial score (nSPS) is 15.8. The Balaban J connectivity index is 2.55. The van der Waals surface area contributed by atoms with Crippen LogP contribution in [0.15, 0.2) is 72.5 Å². The number of benzene rings is 1. The zero-order valence-corrected chi connectivity index (χ0v) is 11.1. The van der Waals surface area contributed by atoms with Crippen LogP contribution in [0.5, 0.6) is 0 Å². The summed E-state index contributed by atoms with van der Waals surface area (Å²) >= 11 is 0. The maximum atomic E-state index is 4.18. The molecule has 0 amide bonds. The maximum absolute atomic E-state index is 4.18. The van der Waals surface area contributed by atoms with Gasteiger partial charge in [-0.1, -0.05) is 49.1 Å². The molecule has 1 nitrogen and oxygen atoms in total. The molecule has 0 spiro atoms. The molecule has 0 fully saturated rings. The lowest BCUT2D eigenvalue weighted by molar-refractivity contribution is 0.545. The molecule has 0 saturated heterocycles. The first-order valence-electron chi connectivity index (χ1n) is 6.17. The van der Waals surface area contributed by atoms with E-state index in [-0.39, 0.29) is 0 Å². The van der Waals surface area contributed by atoms with E-state index in [1.807, 2.05) is 12.1 Å². The van der Waals surface area contributed by atoms with Gasteiger partial charge in [0.15, 0.2) is 0 Å². The van der Waals surface area contributed by atoms with Crippen LogP contribution in [0, 0.1) is 0 Å². The second kappa shape index (κ2) is 5.09. The van der Waals surface area contributed by atoms with E-state index >= 15 is 0 Å². The van der Waals surface area contributed by atoms with Crippen molar-refractivity contribution in [1.82, 2.24) is 4.90 Å². The van der Waals surface area contributed by atoms with Crippen LogP contribution in [0.3, 0.4) is 0 Å². The Labute approximate surface area is 109 Å². The predicted octanol–water partition coefficient (Wildman–Crippen LogP) is 4.38. The summed E-state index contributed by atoms with van der Waals surface area (Å²) in [5.41, 5.74) is 5.99. The SMILES string of the molecule is C=CCN1C(=C)C(C)=CC(C)=C1c1ccccc1. The standard InChI is InChI=1S/C17H19N/c1-5-11-18-15(4)13(2)12-14(3)17(18)16-9-7-6-8-10-16/h5-10,12H,1,4,11H2,2-3H3. The van der Waals surface area contributed by atoms with Crippen molar-refractivity contribution in [3.8, 4) is 0 Å². The molecule has 0 saturated carbocycles. The molecule has 1 heterocycles. The van der Waals surface area contributed by atoms with Gasteiger partial charge in [-0.3, -0.25) is 0 Å². The first kappa shape index (κ1) is 12.4. The van der Waals surface area contributed by atoms with Crippen LogP contribution in [0.2, 0.25) is 0 Å². The fraction of sp³-hybridized carbons (Fsp3) is 0.176. The fourth-order valence-corrected chi connectivity index (χ4v) is 2.35. The van der Waals surface area contributed by atoms with Gasteiger partial charge in [-0.25, -0.2) is 0 Å². The van der Waals surface area contributed by atoms with Crippen LogP contribution < -0.4 is 0 Å². The zero-order chi connectivity index (χ0) is 13.1. The van der Waals surface area contributed by atoms with Crippen molar-refractivity contribution in [2.45, 2.75) is 13.8 Å². The lowest BCUT2D eigenvalue weighted by Crippen LogP contribution is -2.25. The smallest absolute Gasteiger partial charge is 0.0517 e. The number of hydrogen-bond acceptors (Lipinski definition) is 1. The average molecular weight is 237 g/mol. The molecule has 0 N–H and O–H groups in total. The molecule has 0 radical (unpaired) electrons. The quantitative estimate of drug-likeness (QED) is 0.705. The third kappa shape index (κ3) is 2.17. The van der Waals surface area contributed by atoms with Gasteiger partial charge in [0.05, 0.1) is 5.70 Å². The summed E-state index contributed by atoms with van der Waals surface area (Å²) < 4.78 is 0. The van der Waals surface area contributed by atoms with Gasteiger partial charge < -0.3 is 4.90 Å². The summed E-state index contributed by atoms with van der Waals surface area (Å²) in [5.74, 6) is 0. The van der Waals surface area contributed by atoms with Crippen molar-refractivity contribution in [1.29, 1.82) is 0 Å². The van der Waals surface area contributed by atoms with E-state index in [4.69, 9.17) is 0 Å². The van der Waals surface area contributed by atoms with E-state index < -0.39 is 0 Å². The summed E-state index contributed by atoms with van der Waals surface area (Å²) in [6.07, 6.45) is 4.12. The molecule has 18 heavy (non-hydrogen) atoms. The largest absolute Gasteiger partial charge is 0.337 e. The molecule has 2 rings (SSSR count). The minimum absolute atomic E-state index is 0.783. The predicted molar refractivity (Wildman–Crippen MR) is 78.8 cm³/mol. The highest BCUT2D eigenvalue weighted by Gasteiger charge is 2.20. The lowest BCUT2D eigenvalue weighted by Gasteiger charge is -2.33. The summed E-state index contributed by atoms with van der Waals surface area (Å²) in [7, 11) is 0. The molecular weight excluding hydrogens is 218 g/mol. The third-order valence-corrected chi connectivity index (χ3v) is 3.22. The Morgan fingerprint density at radius 1 is 1.17 bits per heavy atom. The Kier molecular flexibility index (Phi) is 3.52. The van der Waals surface area contributed by atoms with Gasteiger partial charge in [0.1, 0.15) is 0 Å². The van der Waals surface area contributed by atoms with Crippen LogP contribution in [-0.2, 0) is 0 Å². The molecule has 92 valence electrons. The van der Waals surface area contributed by atoms with E-state index in [1.54, 1.807) is 0 Å². The number of rotatable bonds is 3. The molecule has 0 atom stereocenters. The molecule has 1 aliphatic heterocycles. The van der Waals surface area contributed by atoms with Crippen molar-refractivity contribution >= 4 is 5.70 Å². The van der Waals surface area contributed by atoms with E-state index in [2.05, 4.69) is 62.2 Å². The van der Waals surface area contributed by atoms with Gasteiger partial charge in [-0.15, -0.1) is 6.58 Å². The monoisotopic (exact) mass is 237 g/mol. The second-order valence-corrected chi connectivity index (χ2v) is 4.57. The number of allylic oxidation sites excluding steroid dienone is 3. The van der Waals surface area contributed by atoms with Crippen molar-refractivity contribution < 1.29 is 0 Å². The second-order valence-electron chi connectivity index (χ2n) is 4.57. The van der Waals surface area contributed by atoms with Crippen LogP contribution in [0.25, 0.3) is 5.70 Å². The Morgan fingerprint density at radius 2 is 1.83 bits per heavy atom. The van der Waals surface area contributed by atoms with Crippen LogP contribution in [0.4, 0.5) is 0 Å². The summed E-state index contributed by atoms with van der Waals surface area (Å²) in [6.45, 7) is 13.1. The van der Waals surface area contributed by atoms with Gasteiger partial charge in [-0.05, 0) is 30.6 Å². The van der Waals surface area contributed by atoms with Gasteiger partial charge in [0, 0.05) is 12.2 Å². The number of hydrogen-bond donors (Lipinski definition) is 0. The molecular formula is C17H19N. The molecule has 0 aliphatic carbocycles. The lowest BCUT2D eigenvalue weighted by atomic mass is 9.97. The minimum atomic E-state index is 0.783. The molecule has 1 heteroatoms. The van der Waals surface area contributed by atoms with E-state index in [0.29, 0.717) is 0 Å². The summed E-state index contributed by atoms with van der Waals surface area (Å²) in [4.78, 5) is 2.23. The highest BCUT2D eigenvalue weighted by molar-refractivity contribution is 5.74. The van der Waals surface area contributed by atoms with Crippen LogP contribution in [-0.4, -0.2) is 11.4 Å². The first-order chi connectivity index (χ1) is 8.65. The summed E-state index contributed by atoms with van der Waals surface area (Å²) in [5, 5.41) is 0. The average Bonchev–Trinajstić information content (AvgIpc) is 2.37. The highest BCUT2D eigenvalue weighted by atomic mass is 15.2. The van der Waals surface area contributed by atoms with E-state index in [9.17, 15) is 0 Å². The molecule has 0 bridgehead atoms. The van der Waals surface area contributed by atoms with Gasteiger partial charge in [0.25, 0.3) is 0 Å². The van der Waals surface area contributed by atoms with E-state index in [0.717, 1.165) is 12.2 Å². The summed E-state index contributed by atoms with van der Waals surface area (Å²) in [6, 6.07) is 10.4. The van der Waals surface area contributed by atoms with E-state index in [1.165, 1.54) is 22.4 Å². The van der Waals surface area contributed by atoms with Crippen molar-refractivity contribution in [3.63, 3.8) is 0 Å². The molecule has 0 aromatic heterocycles. The molecule has 0 unspecified atom stereocenters. The first-order valence-corrected chi connectivity index (χ1v) is 6.17.